The molecule has 3 aromatic rings. The number of amides is 2. The van der Waals surface area contributed by atoms with Crippen LogP contribution in [-0.2, 0) is 16.0 Å². The van der Waals surface area contributed by atoms with Crippen molar-refractivity contribution in [2.75, 3.05) is 6.54 Å². The molecule has 1 aromatic heterocycles. The molecule has 9 heteroatoms. The maximum atomic E-state index is 13.3. The summed E-state index contributed by atoms with van der Waals surface area (Å²) < 4.78 is 11.6. The van der Waals surface area contributed by atoms with Crippen molar-refractivity contribution in [2.24, 2.45) is 11.7 Å². The average molecular weight is 467 g/mol. The molecule has 0 radical (unpaired) electrons. The van der Waals surface area contributed by atoms with E-state index in [0.717, 1.165) is 5.56 Å². The standard InChI is InChI=1S/C24H23ClN4O4/c1-24-13-16(14-7-3-5-10-18(14)32-24)20(21(26)30)23(31)29(24)12-6-11-19-27-22(28-33-19)15-8-2-4-9-17(15)25/h2-5,7-10,16,20H,6,11-13H2,1H3,(H2,26,30)/t16-,20+,24-/m0/s1. The summed E-state index contributed by atoms with van der Waals surface area (Å²) in [4.78, 5) is 31.7. The SMILES string of the molecule is C[C@@]12C[C@@H](c3ccccc3O1)[C@H](C(N)=O)C(=O)N2CCCc1nc(-c2ccccc2Cl)no1. The third-order valence-electron chi connectivity index (χ3n) is 6.41. The number of aryl methyl sites for hydroxylation is 1. The van der Waals surface area contributed by atoms with E-state index in [9.17, 15) is 9.59 Å². The van der Waals surface area contributed by atoms with E-state index in [-0.39, 0.29) is 11.8 Å². The summed E-state index contributed by atoms with van der Waals surface area (Å²) >= 11 is 6.21. The van der Waals surface area contributed by atoms with Crippen molar-refractivity contribution in [1.82, 2.24) is 15.0 Å². The zero-order chi connectivity index (χ0) is 23.2. The Labute approximate surface area is 195 Å². The Hall–Kier alpha value is -3.39. The van der Waals surface area contributed by atoms with Crippen molar-refractivity contribution >= 4 is 23.4 Å². The molecule has 5 rings (SSSR count). The van der Waals surface area contributed by atoms with E-state index in [1.54, 1.807) is 11.0 Å². The molecular weight excluding hydrogens is 444 g/mol. The highest BCUT2D eigenvalue weighted by molar-refractivity contribution is 6.33. The summed E-state index contributed by atoms with van der Waals surface area (Å²) in [5, 5.41) is 4.56. The minimum Gasteiger partial charge on any atom is -0.468 e. The van der Waals surface area contributed by atoms with Crippen LogP contribution >= 0.6 is 11.6 Å². The Morgan fingerprint density at radius 1 is 1.24 bits per heavy atom. The second-order valence-electron chi connectivity index (χ2n) is 8.59. The quantitative estimate of drug-likeness (QED) is 0.556. The molecule has 2 aliphatic rings. The number of benzene rings is 2. The van der Waals surface area contributed by atoms with Gasteiger partial charge in [0.05, 0.1) is 5.02 Å². The highest BCUT2D eigenvalue weighted by Gasteiger charge is 2.55. The molecule has 0 spiro atoms. The molecule has 0 aliphatic carbocycles. The first-order chi connectivity index (χ1) is 15.9. The molecule has 170 valence electrons. The smallest absolute Gasteiger partial charge is 0.238 e. The van der Waals surface area contributed by atoms with Gasteiger partial charge in [0.2, 0.25) is 23.5 Å². The number of halogens is 1. The van der Waals surface area contributed by atoms with Gasteiger partial charge in [-0.05, 0) is 37.1 Å². The van der Waals surface area contributed by atoms with E-state index in [4.69, 9.17) is 26.6 Å². The summed E-state index contributed by atoms with van der Waals surface area (Å²) in [7, 11) is 0. The van der Waals surface area contributed by atoms with Crippen LogP contribution in [-0.4, -0.2) is 39.1 Å². The number of nitrogens with zero attached hydrogens (tertiary/aromatic N) is 3. The van der Waals surface area contributed by atoms with E-state index < -0.39 is 17.6 Å². The molecule has 2 amide bonds. The largest absolute Gasteiger partial charge is 0.468 e. The van der Waals surface area contributed by atoms with Gasteiger partial charge in [0.1, 0.15) is 11.7 Å². The number of primary amides is 1. The van der Waals surface area contributed by atoms with Gasteiger partial charge in [0.25, 0.3) is 0 Å². The van der Waals surface area contributed by atoms with Gasteiger partial charge in [-0.2, -0.15) is 4.98 Å². The van der Waals surface area contributed by atoms with Gasteiger partial charge in [-0.15, -0.1) is 0 Å². The van der Waals surface area contributed by atoms with Gasteiger partial charge in [-0.3, -0.25) is 9.59 Å². The van der Waals surface area contributed by atoms with Crippen LogP contribution in [0.1, 0.15) is 37.1 Å². The number of fused-ring (bicyclic) bond motifs is 4. The van der Waals surface area contributed by atoms with Crippen molar-refractivity contribution in [3.63, 3.8) is 0 Å². The molecule has 2 bridgehead atoms. The van der Waals surface area contributed by atoms with Crippen molar-refractivity contribution < 1.29 is 18.8 Å². The molecule has 0 unspecified atom stereocenters. The number of carbonyl (C=O) groups is 2. The predicted molar refractivity (Wildman–Crippen MR) is 120 cm³/mol. The lowest BCUT2D eigenvalue weighted by Gasteiger charge is -2.52. The van der Waals surface area contributed by atoms with Gasteiger partial charge in [0.15, 0.2) is 5.72 Å². The normalized spacial score (nSPS) is 23.7. The fourth-order valence-electron chi connectivity index (χ4n) is 4.88. The van der Waals surface area contributed by atoms with Crippen molar-refractivity contribution in [2.45, 2.75) is 37.8 Å². The number of nitrogens with two attached hydrogens (primary N) is 1. The van der Waals surface area contributed by atoms with Crippen LogP contribution in [0.25, 0.3) is 11.4 Å². The number of rotatable bonds is 6. The second kappa shape index (κ2) is 8.19. The van der Waals surface area contributed by atoms with Crippen LogP contribution in [0.4, 0.5) is 0 Å². The van der Waals surface area contributed by atoms with Gasteiger partial charge in [-0.25, -0.2) is 0 Å². The fourth-order valence-corrected chi connectivity index (χ4v) is 5.10. The van der Waals surface area contributed by atoms with E-state index in [1.165, 1.54) is 0 Å². The average Bonchev–Trinajstić information content (AvgIpc) is 3.24. The number of likely N-dealkylation sites (tertiary alicyclic amines) is 1. The van der Waals surface area contributed by atoms with Gasteiger partial charge in [-0.1, -0.05) is 47.1 Å². The molecule has 2 aromatic carbocycles. The number of ether oxygens (including phenoxy) is 1. The van der Waals surface area contributed by atoms with Crippen molar-refractivity contribution in [3.05, 3.63) is 65.0 Å². The van der Waals surface area contributed by atoms with Crippen molar-refractivity contribution in [3.8, 4) is 17.1 Å². The van der Waals surface area contributed by atoms with Crippen molar-refractivity contribution in [1.29, 1.82) is 0 Å². The third kappa shape index (κ3) is 3.74. The topological polar surface area (TPSA) is 112 Å². The highest BCUT2D eigenvalue weighted by atomic mass is 35.5. The monoisotopic (exact) mass is 466 g/mol. The van der Waals surface area contributed by atoms with E-state index in [2.05, 4.69) is 10.1 Å². The minimum atomic E-state index is -0.918. The first-order valence-corrected chi connectivity index (χ1v) is 11.2. The Morgan fingerprint density at radius 3 is 2.79 bits per heavy atom. The summed E-state index contributed by atoms with van der Waals surface area (Å²) in [6.45, 7) is 2.24. The first-order valence-electron chi connectivity index (χ1n) is 10.8. The molecule has 3 heterocycles. The molecular formula is C24H23ClN4O4. The number of para-hydroxylation sites is 1. The zero-order valence-corrected chi connectivity index (χ0v) is 18.8. The summed E-state index contributed by atoms with van der Waals surface area (Å²) in [6.07, 6.45) is 1.51. The number of hydrogen-bond donors (Lipinski definition) is 1. The molecule has 8 nitrogen and oxygen atoms in total. The van der Waals surface area contributed by atoms with Crippen LogP contribution in [0.5, 0.6) is 5.75 Å². The molecule has 0 saturated carbocycles. The molecule has 1 fully saturated rings. The zero-order valence-electron chi connectivity index (χ0n) is 18.0. The number of piperidine rings is 1. The third-order valence-corrected chi connectivity index (χ3v) is 6.74. The van der Waals surface area contributed by atoms with Gasteiger partial charge >= 0.3 is 0 Å². The van der Waals surface area contributed by atoms with Gasteiger partial charge in [0, 0.05) is 30.9 Å². The maximum absolute atomic E-state index is 13.3. The van der Waals surface area contributed by atoms with Gasteiger partial charge < -0.3 is 19.9 Å². The lowest BCUT2D eigenvalue weighted by atomic mass is 9.73. The van der Waals surface area contributed by atoms with Crippen LogP contribution in [0.15, 0.2) is 53.1 Å². The molecule has 1 saturated heterocycles. The molecule has 2 aliphatic heterocycles. The van der Waals surface area contributed by atoms with Crippen LogP contribution in [0.2, 0.25) is 5.02 Å². The molecule has 33 heavy (non-hydrogen) atoms. The van der Waals surface area contributed by atoms with Crippen LogP contribution in [0.3, 0.4) is 0 Å². The lowest BCUT2D eigenvalue weighted by molar-refractivity contribution is -0.175. The second-order valence-corrected chi connectivity index (χ2v) is 9.00. The fraction of sp³-hybridized carbons (Fsp3) is 0.333. The number of aromatic nitrogens is 2. The number of hydrogen-bond acceptors (Lipinski definition) is 6. The van der Waals surface area contributed by atoms with Crippen LogP contribution < -0.4 is 10.5 Å². The van der Waals surface area contributed by atoms with Crippen LogP contribution in [0, 0.1) is 5.92 Å². The maximum Gasteiger partial charge on any atom is 0.238 e. The number of carbonyl (C=O) groups excluding carboxylic acids is 2. The Balaban J connectivity index is 1.33. The Morgan fingerprint density at radius 2 is 2.00 bits per heavy atom. The summed E-state index contributed by atoms with van der Waals surface area (Å²) in [5.41, 5.74) is 6.36. The molecule has 2 N–H and O–H groups in total. The Kier molecular flexibility index (Phi) is 5.32. The predicted octanol–water partition coefficient (Wildman–Crippen LogP) is 3.55. The first kappa shape index (κ1) is 21.5. The summed E-state index contributed by atoms with van der Waals surface area (Å²) in [5.74, 6) is -0.595. The molecule has 3 atom stereocenters. The lowest BCUT2D eigenvalue weighted by Crippen LogP contribution is -2.64. The van der Waals surface area contributed by atoms with E-state index >= 15 is 0 Å². The summed E-state index contributed by atoms with van der Waals surface area (Å²) in [6, 6.07) is 14.8. The minimum absolute atomic E-state index is 0.296. The highest BCUT2D eigenvalue weighted by Crippen LogP contribution is 2.50. The Bertz CT molecular complexity index is 1230. The van der Waals surface area contributed by atoms with E-state index in [1.807, 2.05) is 49.4 Å². The van der Waals surface area contributed by atoms with E-state index in [0.29, 0.717) is 53.9 Å².